The number of carbonyl (C=O) groups is 2. The molecule has 5 heteroatoms. The first-order chi connectivity index (χ1) is 9.99. The van der Waals surface area contributed by atoms with E-state index in [0.717, 1.165) is 19.4 Å². The van der Waals surface area contributed by atoms with Gasteiger partial charge in [0.15, 0.2) is 0 Å². The molecule has 1 unspecified atom stereocenters. The Kier molecular flexibility index (Phi) is 4.83. The van der Waals surface area contributed by atoms with Gasteiger partial charge in [0.05, 0.1) is 12.5 Å². The number of benzene rings is 1. The summed E-state index contributed by atoms with van der Waals surface area (Å²) in [5.41, 5.74) is 3.57. The van der Waals surface area contributed by atoms with E-state index in [1.807, 2.05) is 4.90 Å². The summed E-state index contributed by atoms with van der Waals surface area (Å²) in [4.78, 5) is 24.6. The Hall–Kier alpha value is -2.04. The largest absolute Gasteiger partial charge is 0.481 e. The van der Waals surface area contributed by atoms with Gasteiger partial charge in [0.25, 0.3) is 0 Å². The first-order valence-corrected chi connectivity index (χ1v) is 7.32. The van der Waals surface area contributed by atoms with Crippen LogP contribution in [0.5, 0.6) is 0 Å². The molecule has 0 spiro atoms. The summed E-state index contributed by atoms with van der Waals surface area (Å²) in [5, 5.41) is 11.3. The van der Waals surface area contributed by atoms with E-state index < -0.39 is 5.97 Å². The SMILES string of the molecule is Cc1ccc(C)c(C2CCCN2C(=O)NCCC(=O)O)c1. The molecule has 21 heavy (non-hydrogen) atoms. The summed E-state index contributed by atoms with van der Waals surface area (Å²) in [6, 6.07) is 6.23. The number of likely N-dealkylation sites (tertiary alicyclic amines) is 1. The first kappa shape index (κ1) is 15.4. The Morgan fingerprint density at radius 2 is 2.14 bits per heavy atom. The average Bonchev–Trinajstić information content (AvgIpc) is 2.90. The smallest absolute Gasteiger partial charge is 0.317 e. The van der Waals surface area contributed by atoms with Gasteiger partial charge in [-0.1, -0.05) is 23.8 Å². The van der Waals surface area contributed by atoms with Crippen LogP contribution < -0.4 is 5.32 Å². The van der Waals surface area contributed by atoms with Gasteiger partial charge in [-0.25, -0.2) is 4.79 Å². The van der Waals surface area contributed by atoms with E-state index >= 15 is 0 Å². The van der Waals surface area contributed by atoms with E-state index in [-0.39, 0.29) is 25.0 Å². The fourth-order valence-corrected chi connectivity index (χ4v) is 2.83. The van der Waals surface area contributed by atoms with Gasteiger partial charge in [0.2, 0.25) is 0 Å². The number of carbonyl (C=O) groups excluding carboxylic acids is 1. The van der Waals surface area contributed by atoms with E-state index in [2.05, 4.69) is 37.4 Å². The van der Waals surface area contributed by atoms with Crippen LogP contribution in [0.25, 0.3) is 0 Å². The maximum Gasteiger partial charge on any atom is 0.317 e. The lowest BCUT2D eigenvalue weighted by molar-refractivity contribution is -0.136. The number of nitrogens with zero attached hydrogens (tertiary/aromatic N) is 1. The topological polar surface area (TPSA) is 69.6 Å². The van der Waals surface area contributed by atoms with Gasteiger partial charge in [-0.15, -0.1) is 0 Å². The van der Waals surface area contributed by atoms with Gasteiger partial charge in [-0.2, -0.15) is 0 Å². The number of carboxylic acid groups (broad SMARTS) is 1. The minimum absolute atomic E-state index is 0.0479. The van der Waals surface area contributed by atoms with Gasteiger partial charge in [0.1, 0.15) is 0 Å². The minimum Gasteiger partial charge on any atom is -0.481 e. The molecule has 114 valence electrons. The zero-order chi connectivity index (χ0) is 15.4. The van der Waals surface area contributed by atoms with Crippen molar-refractivity contribution in [2.24, 2.45) is 0 Å². The highest BCUT2D eigenvalue weighted by molar-refractivity contribution is 5.76. The molecule has 0 aliphatic carbocycles. The Balaban J connectivity index is 2.07. The first-order valence-electron chi connectivity index (χ1n) is 7.32. The van der Waals surface area contributed by atoms with Crippen molar-refractivity contribution in [2.75, 3.05) is 13.1 Å². The van der Waals surface area contributed by atoms with Crippen LogP contribution in [0.3, 0.4) is 0 Å². The lowest BCUT2D eigenvalue weighted by Gasteiger charge is -2.26. The fraction of sp³-hybridized carbons (Fsp3) is 0.500. The summed E-state index contributed by atoms with van der Waals surface area (Å²) < 4.78 is 0. The summed E-state index contributed by atoms with van der Waals surface area (Å²) >= 11 is 0. The van der Waals surface area contributed by atoms with Crippen LogP contribution in [0, 0.1) is 13.8 Å². The van der Waals surface area contributed by atoms with Crippen molar-refractivity contribution >= 4 is 12.0 Å². The normalized spacial score (nSPS) is 17.8. The van der Waals surface area contributed by atoms with Crippen LogP contribution in [0.15, 0.2) is 18.2 Å². The lowest BCUT2D eigenvalue weighted by Crippen LogP contribution is -2.40. The van der Waals surface area contributed by atoms with Crippen LogP contribution in [0.1, 0.15) is 42.0 Å². The second-order valence-electron chi connectivity index (χ2n) is 5.59. The molecule has 1 saturated heterocycles. The zero-order valence-electron chi connectivity index (χ0n) is 12.6. The van der Waals surface area contributed by atoms with Crippen molar-refractivity contribution in [1.29, 1.82) is 0 Å². The molecule has 0 radical (unpaired) electrons. The number of urea groups is 1. The molecule has 2 amide bonds. The number of amides is 2. The second kappa shape index (κ2) is 6.61. The van der Waals surface area contributed by atoms with E-state index in [1.54, 1.807) is 0 Å². The van der Waals surface area contributed by atoms with Gasteiger partial charge < -0.3 is 15.3 Å². The maximum absolute atomic E-state index is 12.2. The quantitative estimate of drug-likeness (QED) is 0.895. The molecule has 1 heterocycles. The van der Waals surface area contributed by atoms with E-state index in [9.17, 15) is 9.59 Å². The van der Waals surface area contributed by atoms with Gasteiger partial charge in [0, 0.05) is 13.1 Å². The van der Waals surface area contributed by atoms with Crippen molar-refractivity contribution in [1.82, 2.24) is 10.2 Å². The standard InChI is InChI=1S/C16H22N2O3/c1-11-5-6-12(2)13(10-11)14-4-3-9-18(14)16(21)17-8-7-15(19)20/h5-6,10,14H,3-4,7-9H2,1-2H3,(H,17,21)(H,19,20). The Labute approximate surface area is 125 Å². The Morgan fingerprint density at radius 3 is 2.86 bits per heavy atom. The molecule has 0 bridgehead atoms. The molecule has 0 aromatic heterocycles. The third-order valence-corrected chi connectivity index (χ3v) is 3.92. The van der Waals surface area contributed by atoms with Gasteiger partial charge in [-0.3, -0.25) is 4.79 Å². The van der Waals surface area contributed by atoms with Crippen LogP contribution >= 0.6 is 0 Å². The highest BCUT2D eigenvalue weighted by Gasteiger charge is 2.30. The molecule has 1 aromatic carbocycles. The Morgan fingerprint density at radius 1 is 1.38 bits per heavy atom. The number of nitrogens with one attached hydrogen (secondary N) is 1. The molecule has 2 rings (SSSR count). The fourth-order valence-electron chi connectivity index (χ4n) is 2.83. The highest BCUT2D eigenvalue weighted by Crippen LogP contribution is 2.34. The average molecular weight is 290 g/mol. The molecular weight excluding hydrogens is 268 g/mol. The minimum atomic E-state index is -0.900. The van der Waals surface area contributed by atoms with Crippen molar-refractivity contribution in [3.05, 3.63) is 34.9 Å². The maximum atomic E-state index is 12.2. The second-order valence-corrected chi connectivity index (χ2v) is 5.59. The van der Waals surface area contributed by atoms with Crippen molar-refractivity contribution < 1.29 is 14.7 Å². The number of aliphatic carboxylic acids is 1. The van der Waals surface area contributed by atoms with E-state index in [0.29, 0.717) is 0 Å². The lowest BCUT2D eigenvalue weighted by atomic mass is 9.97. The molecule has 1 fully saturated rings. The molecule has 1 aromatic rings. The van der Waals surface area contributed by atoms with Crippen LogP contribution in [-0.2, 0) is 4.79 Å². The predicted molar refractivity (Wildman–Crippen MR) is 80.2 cm³/mol. The molecule has 1 aliphatic rings. The summed E-state index contributed by atoms with van der Waals surface area (Å²) in [5.74, 6) is -0.900. The van der Waals surface area contributed by atoms with E-state index in [4.69, 9.17) is 5.11 Å². The molecule has 0 saturated carbocycles. The monoisotopic (exact) mass is 290 g/mol. The molecule has 2 N–H and O–H groups in total. The van der Waals surface area contributed by atoms with Gasteiger partial charge >= 0.3 is 12.0 Å². The van der Waals surface area contributed by atoms with E-state index in [1.165, 1.54) is 16.7 Å². The summed E-state index contributed by atoms with van der Waals surface area (Å²) in [7, 11) is 0. The Bertz CT molecular complexity index is 542. The number of rotatable bonds is 4. The summed E-state index contributed by atoms with van der Waals surface area (Å²) in [6.07, 6.45) is 1.88. The number of aryl methyl sites for hydroxylation is 2. The number of hydrogen-bond acceptors (Lipinski definition) is 2. The zero-order valence-corrected chi connectivity index (χ0v) is 12.6. The third-order valence-electron chi connectivity index (χ3n) is 3.92. The molecule has 5 nitrogen and oxygen atoms in total. The van der Waals surface area contributed by atoms with Crippen LogP contribution in [-0.4, -0.2) is 35.1 Å². The summed E-state index contributed by atoms with van der Waals surface area (Å²) in [6.45, 7) is 5.00. The highest BCUT2D eigenvalue weighted by atomic mass is 16.4. The predicted octanol–water partition coefficient (Wildman–Crippen LogP) is 2.62. The van der Waals surface area contributed by atoms with Crippen LogP contribution in [0.2, 0.25) is 0 Å². The van der Waals surface area contributed by atoms with Crippen molar-refractivity contribution in [2.45, 2.75) is 39.2 Å². The van der Waals surface area contributed by atoms with Crippen molar-refractivity contribution in [3.63, 3.8) is 0 Å². The molecule has 1 atom stereocenters. The number of hydrogen-bond donors (Lipinski definition) is 2. The molecular formula is C16H22N2O3. The number of carboxylic acids is 1. The van der Waals surface area contributed by atoms with Gasteiger partial charge in [-0.05, 0) is 37.8 Å². The third kappa shape index (κ3) is 3.74. The molecule has 1 aliphatic heterocycles. The van der Waals surface area contributed by atoms with Crippen LogP contribution in [0.4, 0.5) is 4.79 Å². The van der Waals surface area contributed by atoms with Crippen molar-refractivity contribution in [3.8, 4) is 0 Å².